The van der Waals surface area contributed by atoms with Gasteiger partial charge in [-0.15, -0.1) is 0 Å². The summed E-state index contributed by atoms with van der Waals surface area (Å²) in [6, 6.07) is 6.75. The molecule has 10 heteroatoms. The van der Waals surface area contributed by atoms with Crippen LogP contribution < -0.4 is 14.8 Å². The van der Waals surface area contributed by atoms with Crippen LogP contribution in [0.4, 0.5) is 11.4 Å². The van der Waals surface area contributed by atoms with E-state index < -0.39 is 15.9 Å². The fourth-order valence-corrected chi connectivity index (χ4v) is 4.26. The topological polar surface area (TPSA) is 123 Å². The molecule has 2 aromatic heterocycles. The maximum Gasteiger partial charge on any atom is 0.267 e. The molecule has 0 fully saturated rings. The molecule has 1 aromatic carbocycles. The number of rotatable bonds is 7. The molecule has 0 bridgehead atoms. The van der Waals surface area contributed by atoms with Gasteiger partial charge >= 0.3 is 0 Å². The van der Waals surface area contributed by atoms with Crippen LogP contribution in [-0.4, -0.2) is 31.6 Å². The van der Waals surface area contributed by atoms with Crippen molar-refractivity contribution in [2.24, 2.45) is 0 Å². The van der Waals surface area contributed by atoms with E-state index in [1.54, 1.807) is 26.0 Å². The molecule has 2 N–H and O–H groups in total. The summed E-state index contributed by atoms with van der Waals surface area (Å²) in [7, 11) is -2.72. The lowest BCUT2D eigenvalue weighted by Crippen LogP contribution is -2.18. The number of nitrogens with one attached hydrogen (secondary N) is 2. The Morgan fingerprint density at radius 1 is 1.20 bits per heavy atom. The van der Waals surface area contributed by atoms with Crippen LogP contribution in [-0.2, 0) is 16.4 Å². The molecule has 30 heavy (non-hydrogen) atoms. The van der Waals surface area contributed by atoms with Crippen molar-refractivity contribution in [2.45, 2.75) is 32.1 Å². The van der Waals surface area contributed by atoms with Crippen LogP contribution in [0, 0.1) is 13.8 Å². The molecular weight excluding hydrogens is 408 g/mol. The predicted molar refractivity (Wildman–Crippen MR) is 111 cm³/mol. The van der Waals surface area contributed by atoms with Gasteiger partial charge in [0.2, 0.25) is 5.88 Å². The Morgan fingerprint density at radius 3 is 2.53 bits per heavy atom. The third-order valence-electron chi connectivity index (χ3n) is 4.49. The Balaban J connectivity index is 1.95. The standard InChI is InChI=1S/C20H22N4O5S/c1-5-16-15(11-22-29-16)19(25)23-14-9-17(20(28-4)21-10-14)30(26,27)24-18-12(2)7-6-8-13(18)3/h6-11,24H,5H2,1-4H3,(H,23,25). The van der Waals surface area contributed by atoms with Crippen LogP contribution in [0.1, 0.15) is 34.2 Å². The smallest absolute Gasteiger partial charge is 0.267 e. The van der Waals surface area contributed by atoms with E-state index in [4.69, 9.17) is 9.26 Å². The van der Waals surface area contributed by atoms with Gasteiger partial charge in [-0.2, -0.15) is 0 Å². The van der Waals surface area contributed by atoms with Gasteiger partial charge in [0.25, 0.3) is 15.9 Å². The number of sulfonamides is 1. The van der Waals surface area contributed by atoms with Crippen LogP contribution in [0.5, 0.6) is 5.88 Å². The Labute approximate surface area is 174 Å². The Kier molecular flexibility index (Phi) is 6.06. The average molecular weight is 430 g/mol. The summed E-state index contributed by atoms with van der Waals surface area (Å²) in [6.45, 7) is 5.44. The van der Waals surface area contributed by atoms with E-state index in [-0.39, 0.29) is 22.0 Å². The second-order valence-corrected chi connectivity index (χ2v) is 8.22. The summed E-state index contributed by atoms with van der Waals surface area (Å²) in [6.07, 6.45) is 3.11. The van der Waals surface area contributed by atoms with Gasteiger partial charge < -0.3 is 14.6 Å². The van der Waals surface area contributed by atoms with Crippen molar-refractivity contribution in [3.8, 4) is 5.88 Å². The Bertz CT molecular complexity index is 1170. The van der Waals surface area contributed by atoms with Crippen molar-refractivity contribution in [1.29, 1.82) is 0 Å². The molecule has 9 nitrogen and oxygen atoms in total. The minimum Gasteiger partial charge on any atom is -0.480 e. The zero-order valence-corrected chi connectivity index (χ0v) is 17.8. The molecule has 2 heterocycles. The van der Waals surface area contributed by atoms with Crippen LogP contribution in [0.3, 0.4) is 0 Å². The van der Waals surface area contributed by atoms with Gasteiger partial charge in [-0.25, -0.2) is 13.4 Å². The summed E-state index contributed by atoms with van der Waals surface area (Å²) in [5, 5.41) is 6.25. The first-order chi connectivity index (χ1) is 14.3. The van der Waals surface area contributed by atoms with Crippen molar-refractivity contribution in [3.05, 3.63) is 59.1 Å². The molecule has 3 rings (SSSR count). The van der Waals surface area contributed by atoms with E-state index in [0.29, 0.717) is 17.9 Å². The maximum absolute atomic E-state index is 13.1. The van der Waals surface area contributed by atoms with Gasteiger partial charge in [0, 0.05) is 6.42 Å². The van der Waals surface area contributed by atoms with Crippen molar-refractivity contribution >= 4 is 27.3 Å². The number of amides is 1. The maximum atomic E-state index is 13.1. The van der Waals surface area contributed by atoms with Gasteiger partial charge in [-0.05, 0) is 31.0 Å². The zero-order valence-electron chi connectivity index (χ0n) is 17.0. The number of aryl methyl sites for hydroxylation is 3. The predicted octanol–water partition coefficient (Wildman–Crippen LogP) is 3.31. The number of carbonyl (C=O) groups excluding carboxylic acids is 1. The summed E-state index contributed by atoms with van der Waals surface area (Å²) in [4.78, 5) is 16.3. The largest absolute Gasteiger partial charge is 0.480 e. The van der Waals surface area contributed by atoms with Gasteiger partial charge in [0.1, 0.15) is 11.3 Å². The number of nitrogens with zero attached hydrogens (tertiary/aromatic N) is 2. The molecule has 0 saturated carbocycles. The molecular formula is C20H22N4O5S. The second-order valence-electron chi connectivity index (χ2n) is 6.57. The molecule has 0 aliphatic rings. The first-order valence-electron chi connectivity index (χ1n) is 9.14. The van der Waals surface area contributed by atoms with Gasteiger partial charge in [0.05, 0.1) is 30.9 Å². The third kappa shape index (κ3) is 4.28. The van der Waals surface area contributed by atoms with Crippen molar-refractivity contribution in [1.82, 2.24) is 10.1 Å². The van der Waals surface area contributed by atoms with E-state index in [0.717, 1.165) is 11.1 Å². The van der Waals surface area contributed by atoms with Crippen LogP contribution in [0.15, 0.2) is 46.1 Å². The zero-order chi connectivity index (χ0) is 21.9. The number of para-hydroxylation sites is 1. The van der Waals surface area contributed by atoms with Crippen LogP contribution >= 0.6 is 0 Å². The number of aromatic nitrogens is 2. The number of pyridine rings is 1. The number of hydrogen-bond acceptors (Lipinski definition) is 7. The Morgan fingerprint density at radius 2 is 1.90 bits per heavy atom. The average Bonchev–Trinajstić information content (AvgIpc) is 3.20. The molecule has 1 amide bonds. The molecule has 0 aliphatic carbocycles. The van der Waals surface area contributed by atoms with Gasteiger partial charge in [0.15, 0.2) is 4.90 Å². The third-order valence-corrected chi connectivity index (χ3v) is 5.83. The fourth-order valence-electron chi connectivity index (χ4n) is 2.91. The van der Waals surface area contributed by atoms with Crippen LogP contribution in [0.25, 0.3) is 0 Å². The molecule has 0 radical (unpaired) electrons. The molecule has 0 unspecified atom stereocenters. The lowest BCUT2D eigenvalue weighted by atomic mass is 10.1. The van der Waals surface area contributed by atoms with Gasteiger partial charge in [-0.3, -0.25) is 9.52 Å². The van der Waals surface area contributed by atoms with E-state index in [2.05, 4.69) is 20.2 Å². The van der Waals surface area contributed by atoms with Gasteiger partial charge in [-0.1, -0.05) is 30.3 Å². The minimum atomic E-state index is -4.05. The highest BCUT2D eigenvalue weighted by Crippen LogP contribution is 2.29. The van der Waals surface area contributed by atoms with Crippen molar-refractivity contribution < 1.29 is 22.5 Å². The summed E-state index contributed by atoms with van der Waals surface area (Å²) < 4.78 is 38.9. The van der Waals surface area contributed by atoms with Crippen molar-refractivity contribution in [3.63, 3.8) is 0 Å². The normalized spacial score (nSPS) is 11.2. The van der Waals surface area contributed by atoms with E-state index in [9.17, 15) is 13.2 Å². The van der Waals surface area contributed by atoms with E-state index >= 15 is 0 Å². The molecule has 0 spiro atoms. The molecule has 158 valence electrons. The Hall–Kier alpha value is -3.40. The van der Waals surface area contributed by atoms with Crippen LogP contribution in [0.2, 0.25) is 0 Å². The first kappa shape index (κ1) is 21.3. The number of ether oxygens (including phenoxy) is 1. The van der Waals surface area contributed by atoms with Crippen molar-refractivity contribution in [2.75, 3.05) is 17.1 Å². The summed E-state index contributed by atoms with van der Waals surface area (Å²) in [5.74, 6) is -0.143. The summed E-state index contributed by atoms with van der Waals surface area (Å²) in [5.41, 5.74) is 2.48. The summed E-state index contributed by atoms with van der Waals surface area (Å²) >= 11 is 0. The second kappa shape index (κ2) is 8.54. The molecule has 3 aromatic rings. The highest BCUT2D eigenvalue weighted by Gasteiger charge is 2.24. The first-order valence-corrected chi connectivity index (χ1v) is 10.6. The molecule has 0 saturated heterocycles. The molecule has 0 atom stereocenters. The number of carbonyl (C=O) groups is 1. The highest BCUT2D eigenvalue weighted by molar-refractivity contribution is 7.92. The monoisotopic (exact) mass is 430 g/mol. The quantitative estimate of drug-likeness (QED) is 0.589. The van der Waals surface area contributed by atoms with E-state index in [1.807, 2.05) is 13.0 Å². The van der Waals surface area contributed by atoms with E-state index in [1.165, 1.54) is 25.6 Å². The minimum absolute atomic E-state index is 0.0917. The lowest BCUT2D eigenvalue weighted by Gasteiger charge is -2.15. The number of benzene rings is 1. The SMILES string of the molecule is CCc1oncc1C(=O)Nc1cnc(OC)c(S(=O)(=O)Nc2c(C)cccc2C)c1. The lowest BCUT2D eigenvalue weighted by molar-refractivity contribution is 0.102. The molecule has 0 aliphatic heterocycles. The number of anilines is 2. The number of methoxy groups -OCH3 is 1. The number of hydrogen-bond donors (Lipinski definition) is 2. The fraction of sp³-hybridized carbons (Fsp3) is 0.250. The highest BCUT2D eigenvalue weighted by atomic mass is 32.2.